The molecule has 2 amide bonds. The van der Waals surface area contributed by atoms with Crippen molar-refractivity contribution in [1.29, 1.82) is 0 Å². The normalized spacial score (nSPS) is 18.5. The van der Waals surface area contributed by atoms with E-state index in [4.69, 9.17) is 16.6 Å². The number of thiazole rings is 1. The number of halogens is 1. The molecule has 5 nitrogen and oxygen atoms in total. The highest BCUT2D eigenvalue weighted by Gasteiger charge is 2.30. The maximum atomic E-state index is 12.3. The molecular formula is C18H20ClN3O2S. The number of hydrogen-bond donors (Lipinski definition) is 1. The van der Waals surface area contributed by atoms with Crippen molar-refractivity contribution in [2.45, 2.75) is 31.6 Å². The van der Waals surface area contributed by atoms with E-state index >= 15 is 0 Å². The molecule has 2 aliphatic rings. The Hall–Kier alpha value is -1.66. The molecule has 0 bridgehead atoms. The fraction of sp³-hybridized carbons (Fsp3) is 0.500. The smallest absolute Gasteiger partial charge is 0.241 e. The zero-order valence-electron chi connectivity index (χ0n) is 13.8. The number of fused-ring (bicyclic) bond motifs is 1. The number of carbonyl (C=O) groups is 2. The van der Waals surface area contributed by atoms with E-state index in [1.807, 2.05) is 23.1 Å². The summed E-state index contributed by atoms with van der Waals surface area (Å²) in [5.41, 5.74) is 0.953. The van der Waals surface area contributed by atoms with Crippen LogP contribution < -0.4 is 5.32 Å². The quantitative estimate of drug-likeness (QED) is 0.890. The summed E-state index contributed by atoms with van der Waals surface area (Å²) in [6, 6.07) is 5.81. The first-order chi connectivity index (χ1) is 12.1. The average Bonchev–Trinajstić information content (AvgIpc) is 3.39. The molecule has 1 aromatic carbocycles. The summed E-state index contributed by atoms with van der Waals surface area (Å²) in [7, 11) is 0. The molecule has 1 saturated heterocycles. The van der Waals surface area contributed by atoms with E-state index in [0.717, 1.165) is 54.0 Å². The van der Waals surface area contributed by atoms with Crippen LogP contribution in [0.2, 0.25) is 5.02 Å². The second-order valence-electron chi connectivity index (χ2n) is 6.81. The SMILES string of the molecule is O=C(NCC(=O)N1CCC(c2nc3cc(Cl)ccc3s2)CC1)C1CC1. The molecule has 1 saturated carbocycles. The standard InChI is InChI=1S/C18H20ClN3O2S/c19-13-3-4-15-14(9-13)21-18(25-15)12-5-7-22(8-6-12)16(23)10-20-17(24)11-1-2-11/h3-4,9,11-12H,1-2,5-8,10H2,(H,20,24). The minimum Gasteiger partial charge on any atom is -0.347 e. The summed E-state index contributed by atoms with van der Waals surface area (Å²) in [4.78, 5) is 30.5. The molecule has 0 spiro atoms. The Morgan fingerprint density at radius 2 is 2.00 bits per heavy atom. The third-order valence-corrected chi connectivity index (χ3v) is 6.36. The number of nitrogens with one attached hydrogen (secondary N) is 1. The lowest BCUT2D eigenvalue weighted by Gasteiger charge is -2.31. The van der Waals surface area contributed by atoms with Crippen LogP contribution in [0.5, 0.6) is 0 Å². The minimum atomic E-state index is 0.0172. The first kappa shape index (κ1) is 16.8. The summed E-state index contributed by atoms with van der Waals surface area (Å²) >= 11 is 7.75. The Bertz CT molecular complexity index is 810. The summed E-state index contributed by atoms with van der Waals surface area (Å²) in [6.07, 6.45) is 3.74. The largest absolute Gasteiger partial charge is 0.347 e. The molecule has 1 N–H and O–H groups in total. The first-order valence-corrected chi connectivity index (χ1v) is 9.91. The van der Waals surface area contributed by atoms with Crippen LogP contribution in [0.25, 0.3) is 10.2 Å². The number of rotatable bonds is 4. The third-order valence-electron chi connectivity index (χ3n) is 4.93. The van der Waals surface area contributed by atoms with Gasteiger partial charge >= 0.3 is 0 Å². The highest BCUT2D eigenvalue weighted by Crippen LogP contribution is 2.34. The van der Waals surface area contributed by atoms with Crippen molar-refractivity contribution in [2.75, 3.05) is 19.6 Å². The van der Waals surface area contributed by atoms with Gasteiger partial charge in [0.25, 0.3) is 0 Å². The zero-order valence-corrected chi connectivity index (χ0v) is 15.4. The highest BCUT2D eigenvalue weighted by atomic mass is 35.5. The molecule has 7 heteroatoms. The maximum absolute atomic E-state index is 12.3. The number of piperidine rings is 1. The van der Waals surface area contributed by atoms with Gasteiger partial charge in [-0.3, -0.25) is 9.59 Å². The molecule has 1 aromatic heterocycles. The van der Waals surface area contributed by atoms with Gasteiger partial charge in [0.2, 0.25) is 11.8 Å². The molecule has 0 radical (unpaired) electrons. The molecule has 2 fully saturated rings. The maximum Gasteiger partial charge on any atom is 0.241 e. The number of likely N-dealkylation sites (tertiary alicyclic amines) is 1. The highest BCUT2D eigenvalue weighted by molar-refractivity contribution is 7.18. The second kappa shape index (κ2) is 6.92. The average molecular weight is 378 g/mol. The Balaban J connectivity index is 1.32. The minimum absolute atomic E-state index is 0.0172. The van der Waals surface area contributed by atoms with Gasteiger partial charge in [-0.15, -0.1) is 11.3 Å². The van der Waals surface area contributed by atoms with E-state index in [9.17, 15) is 9.59 Å². The third kappa shape index (κ3) is 3.80. The Morgan fingerprint density at radius 3 is 2.72 bits per heavy atom. The summed E-state index contributed by atoms with van der Waals surface area (Å²) < 4.78 is 1.15. The fourth-order valence-corrected chi connectivity index (χ4v) is 4.52. The van der Waals surface area contributed by atoms with E-state index in [1.54, 1.807) is 11.3 Å². The van der Waals surface area contributed by atoms with Gasteiger partial charge in [-0.1, -0.05) is 11.6 Å². The summed E-state index contributed by atoms with van der Waals surface area (Å²) in [5, 5.41) is 4.59. The monoisotopic (exact) mass is 377 g/mol. The second-order valence-corrected chi connectivity index (χ2v) is 8.31. The molecule has 4 rings (SSSR count). The van der Waals surface area contributed by atoms with Crippen molar-refractivity contribution in [3.63, 3.8) is 0 Å². The molecule has 2 aromatic rings. The van der Waals surface area contributed by atoms with Gasteiger partial charge in [-0.25, -0.2) is 4.98 Å². The number of aromatic nitrogens is 1. The zero-order chi connectivity index (χ0) is 17.4. The predicted octanol–water partition coefficient (Wildman–Crippen LogP) is 3.18. The van der Waals surface area contributed by atoms with Crippen LogP contribution in [-0.4, -0.2) is 41.3 Å². The molecule has 25 heavy (non-hydrogen) atoms. The van der Waals surface area contributed by atoms with Gasteiger partial charge in [-0.05, 0) is 43.9 Å². The summed E-state index contributed by atoms with van der Waals surface area (Å²) in [6.45, 7) is 1.57. The number of nitrogens with zero attached hydrogens (tertiary/aromatic N) is 2. The Kier molecular flexibility index (Phi) is 4.65. The topological polar surface area (TPSA) is 62.3 Å². The van der Waals surface area contributed by atoms with Crippen LogP contribution in [0.3, 0.4) is 0 Å². The Labute approximate surface area is 155 Å². The van der Waals surface area contributed by atoms with E-state index in [-0.39, 0.29) is 24.3 Å². The molecule has 0 atom stereocenters. The van der Waals surface area contributed by atoms with Crippen molar-refractivity contribution in [3.8, 4) is 0 Å². The molecule has 1 aliphatic carbocycles. The van der Waals surface area contributed by atoms with Crippen molar-refractivity contribution in [1.82, 2.24) is 15.2 Å². The van der Waals surface area contributed by atoms with Crippen LogP contribution in [0.1, 0.15) is 36.6 Å². The van der Waals surface area contributed by atoms with E-state index in [2.05, 4.69) is 5.32 Å². The predicted molar refractivity (Wildman–Crippen MR) is 98.9 cm³/mol. The van der Waals surface area contributed by atoms with Crippen molar-refractivity contribution in [3.05, 3.63) is 28.2 Å². The van der Waals surface area contributed by atoms with E-state index < -0.39 is 0 Å². The van der Waals surface area contributed by atoms with Crippen LogP contribution in [0, 0.1) is 5.92 Å². The van der Waals surface area contributed by atoms with E-state index in [1.165, 1.54) is 0 Å². The number of hydrogen-bond acceptors (Lipinski definition) is 4. The lowest BCUT2D eigenvalue weighted by molar-refractivity contribution is -0.134. The van der Waals surface area contributed by atoms with Gasteiger partial charge < -0.3 is 10.2 Å². The van der Waals surface area contributed by atoms with Gasteiger partial charge in [-0.2, -0.15) is 0 Å². The van der Waals surface area contributed by atoms with Crippen molar-refractivity contribution < 1.29 is 9.59 Å². The molecule has 2 heterocycles. The van der Waals surface area contributed by atoms with Crippen LogP contribution >= 0.6 is 22.9 Å². The van der Waals surface area contributed by atoms with E-state index in [0.29, 0.717) is 10.9 Å². The summed E-state index contributed by atoms with van der Waals surface area (Å²) in [5.74, 6) is 0.576. The van der Waals surface area contributed by atoms with Crippen molar-refractivity contribution in [2.24, 2.45) is 5.92 Å². The number of amides is 2. The first-order valence-electron chi connectivity index (χ1n) is 8.71. The number of carbonyl (C=O) groups excluding carboxylic acids is 2. The Morgan fingerprint density at radius 1 is 1.24 bits per heavy atom. The van der Waals surface area contributed by atoms with Gasteiger partial charge in [0, 0.05) is 29.9 Å². The lowest BCUT2D eigenvalue weighted by Crippen LogP contribution is -2.44. The fourth-order valence-electron chi connectivity index (χ4n) is 3.23. The molecule has 0 unspecified atom stereocenters. The lowest BCUT2D eigenvalue weighted by atomic mass is 9.97. The molecule has 132 valence electrons. The van der Waals surface area contributed by atoms with Crippen LogP contribution in [-0.2, 0) is 9.59 Å². The van der Waals surface area contributed by atoms with Gasteiger partial charge in [0.1, 0.15) is 0 Å². The van der Waals surface area contributed by atoms with Crippen LogP contribution in [0.15, 0.2) is 18.2 Å². The number of benzene rings is 1. The molecular weight excluding hydrogens is 358 g/mol. The van der Waals surface area contributed by atoms with Gasteiger partial charge in [0.15, 0.2) is 0 Å². The van der Waals surface area contributed by atoms with Gasteiger partial charge in [0.05, 0.1) is 21.8 Å². The molecule has 1 aliphatic heterocycles. The van der Waals surface area contributed by atoms with Crippen LogP contribution in [0.4, 0.5) is 0 Å². The van der Waals surface area contributed by atoms with Crippen molar-refractivity contribution >= 4 is 45.0 Å².